The maximum atomic E-state index is 10.7. The average Bonchev–Trinajstić information content (AvgIpc) is 2.79. The van der Waals surface area contributed by atoms with Crippen LogP contribution in [0.2, 0.25) is 0 Å². The first-order valence-corrected chi connectivity index (χ1v) is 10.8. The molecule has 1 N–H and O–H groups in total. The third kappa shape index (κ3) is 3.82. The van der Waals surface area contributed by atoms with E-state index in [1.807, 2.05) is 88.4 Å². The van der Waals surface area contributed by atoms with Gasteiger partial charge in [0.05, 0.1) is 0 Å². The van der Waals surface area contributed by atoms with Gasteiger partial charge in [-0.25, -0.2) is 9.97 Å². The van der Waals surface area contributed by atoms with Crippen molar-refractivity contribution in [2.75, 3.05) is 0 Å². The number of benzene rings is 3. The number of ether oxygens (including phenoxy) is 2. The molecular formula is C28H24N2O3. The van der Waals surface area contributed by atoms with E-state index in [-0.39, 0.29) is 5.75 Å². The molecule has 3 aromatic carbocycles. The zero-order valence-corrected chi connectivity index (χ0v) is 19.0. The quantitative estimate of drug-likeness (QED) is 0.320. The number of aryl methyl sites for hydroxylation is 3. The van der Waals surface area contributed by atoms with Crippen LogP contribution in [-0.2, 0) is 0 Å². The molecule has 0 radical (unpaired) electrons. The lowest BCUT2D eigenvalue weighted by Crippen LogP contribution is -1.98. The number of phenolic OH excluding ortho intramolecular Hbond substituents is 1. The second-order valence-corrected chi connectivity index (χ2v) is 8.26. The first kappa shape index (κ1) is 20.8. The third-order valence-corrected chi connectivity index (χ3v) is 5.69. The first-order chi connectivity index (χ1) is 15.9. The van der Waals surface area contributed by atoms with E-state index in [0.29, 0.717) is 28.6 Å². The van der Waals surface area contributed by atoms with Crippen molar-refractivity contribution in [1.82, 2.24) is 9.97 Å². The van der Waals surface area contributed by atoms with E-state index in [0.717, 1.165) is 38.8 Å². The van der Waals surface area contributed by atoms with Gasteiger partial charge in [-0.15, -0.1) is 0 Å². The van der Waals surface area contributed by atoms with Crippen molar-refractivity contribution in [1.29, 1.82) is 0 Å². The Balaban J connectivity index is 1.60. The Kier molecular flexibility index (Phi) is 5.09. The van der Waals surface area contributed by atoms with Crippen LogP contribution in [0, 0.1) is 27.7 Å². The summed E-state index contributed by atoms with van der Waals surface area (Å²) in [5, 5.41) is 12.7. The average molecular weight is 437 g/mol. The van der Waals surface area contributed by atoms with E-state index >= 15 is 0 Å². The van der Waals surface area contributed by atoms with Crippen LogP contribution in [0.15, 0.2) is 66.7 Å². The molecule has 0 unspecified atom stereocenters. The molecule has 164 valence electrons. The molecule has 0 fully saturated rings. The lowest BCUT2D eigenvalue weighted by atomic mass is 10.1. The Morgan fingerprint density at radius 2 is 1.15 bits per heavy atom. The smallest absolute Gasteiger partial charge is 0.175 e. The van der Waals surface area contributed by atoms with Crippen molar-refractivity contribution >= 4 is 21.8 Å². The monoisotopic (exact) mass is 436 g/mol. The van der Waals surface area contributed by atoms with E-state index in [9.17, 15) is 5.11 Å². The lowest BCUT2D eigenvalue weighted by Gasteiger charge is -2.18. The van der Waals surface area contributed by atoms with E-state index in [4.69, 9.17) is 9.47 Å². The summed E-state index contributed by atoms with van der Waals surface area (Å²) in [6, 6.07) is 21.3. The second kappa shape index (κ2) is 8.10. The highest BCUT2D eigenvalue weighted by Crippen LogP contribution is 2.44. The first-order valence-electron chi connectivity index (χ1n) is 10.8. The Bertz CT molecular complexity index is 1410. The Hall–Kier alpha value is -4.12. The number of nitrogens with zero attached hydrogens (tertiary/aromatic N) is 2. The van der Waals surface area contributed by atoms with Gasteiger partial charge in [-0.05, 0) is 63.6 Å². The number of pyridine rings is 2. The fraction of sp³-hybridized carbons (Fsp3) is 0.143. The molecule has 0 saturated heterocycles. The summed E-state index contributed by atoms with van der Waals surface area (Å²) >= 11 is 0. The fourth-order valence-electron chi connectivity index (χ4n) is 4.03. The van der Waals surface area contributed by atoms with Gasteiger partial charge in [0.15, 0.2) is 23.0 Å². The van der Waals surface area contributed by atoms with Gasteiger partial charge in [0.25, 0.3) is 0 Å². The number of aromatic nitrogens is 2. The summed E-state index contributed by atoms with van der Waals surface area (Å²) < 4.78 is 12.6. The molecule has 33 heavy (non-hydrogen) atoms. The largest absolute Gasteiger partial charge is 0.504 e. The topological polar surface area (TPSA) is 64.5 Å². The summed E-state index contributed by atoms with van der Waals surface area (Å²) in [4.78, 5) is 9.30. The molecular weight excluding hydrogens is 412 g/mol. The maximum Gasteiger partial charge on any atom is 0.175 e. The fourth-order valence-corrected chi connectivity index (χ4v) is 4.03. The molecule has 0 atom stereocenters. The zero-order chi connectivity index (χ0) is 23.1. The Morgan fingerprint density at radius 3 is 1.70 bits per heavy atom. The van der Waals surface area contributed by atoms with Gasteiger partial charge in [-0.2, -0.15) is 0 Å². The third-order valence-electron chi connectivity index (χ3n) is 5.69. The van der Waals surface area contributed by atoms with Crippen LogP contribution in [-0.4, -0.2) is 15.1 Å². The summed E-state index contributed by atoms with van der Waals surface area (Å²) in [7, 11) is 0. The molecule has 0 spiro atoms. The van der Waals surface area contributed by atoms with Crippen molar-refractivity contribution in [3.63, 3.8) is 0 Å². The molecule has 0 amide bonds. The van der Waals surface area contributed by atoms with Crippen LogP contribution in [0.4, 0.5) is 0 Å². The molecule has 0 aliphatic carbocycles. The number of fused-ring (bicyclic) bond motifs is 2. The van der Waals surface area contributed by atoms with Crippen molar-refractivity contribution in [3.05, 3.63) is 89.2 Å². The number of rotatable bonds is 4. The Morgan fingerprint density at radius 1 is 0.636 bits per heavy atom. The molecule has 5 nitrogen and oxygen atoms in total. The summed E-state index contributed by atoms with van der Waals surface area (Å²) in [6.07, 6.45) is 0. The van der Waals surface area contributed by atoms with Crippen molar-refractivity contribution in [2.24, 2.45) is 0 Å². The molecule has 0 bridgehead atoms. The number of hydrogen-bond donors (Lipinski definition) is 1. The van der Waals surface area contributed by atoms with E-state index in [1.54, 1.807) is 6.07 Å². The van der Waals surface area contributed by atoms with E-state index in [2.05, 4.69) is 9.97 Å². The molecule has 0 aliphatic rings. The molecule has 0 saturated carbocycles. The summed E-state index contributed by atoms with van der Waals surface area (Å²) in [6.45, 7) is 7.68. The number of aromatic hydroxyl groups is 1. The summed E-state index contributed by atoms with van der Waals surface area (Å²) in [5.74, 6) is 2.25. The lowest BCUT2D eigenvalue weighted by molar-refractivity contribution is 0.402. The van der Waals surface area contributed by atoms with E-state index in [1.165, 1.54) is 0 Å². The van der Waals surface area contributed by atoms with Gasteiger partial charge in [-0.3, -0.25) is 0 Å². The van der Waals surface area contributed by atoms with Gasteiger partial charge >= 0.3 is 0 Å². The van der Waals surface area contributed by atoms with Crippen molar-refractivity contribution < 1.29 is 14.6 Å². The highest BCUT2D eigenvalue weighted by atomic mass is 16.5. The maximum absolute atomic E-state index is 10.7. The van der Waals surface area contributed by atoms with Crippen LogP contribution < -0.4 is 9.47 Å². The van der Waals surface area contributed by atoms with Crippen LogP contribution in [0.5, 0.6) is 28.7 Å². The normalized spacial score (nSPS) is 11.2. The Labute approximate surface area is 192 Å². The van der Waals surface area contributed by atoms with Gasteiger partial charge in [0.1, 0.15) is 16.8 Å². The van der Waals surface area contributed by atoms with E-state index < -0.39 is 0 Å². The minimum absolute atomic E-state index is 0.0499. The SMILES string of the molecule is Cc1ccc2cccc(Oc3c(C)cc(O)c(Oc4cccc5ccc(C)nc45)c3C)c2n1. The van der Waals surface area contributed by atoms with Crippen LogP contribution >= 0.6 is 0 Å². The predicted molar refractivity (Wildman–Crippen MR) is 131 cm³/mol. The number of para-hydroxylation sites is 2. The van der Waals surface area contributed by atoms with Gasteiger partial charge in [0.2, 0.25) is 0 Å². The molecule has 5 aromatic rings. The van der Waals surface area contributed by atoms with Gasteiger partial charge in [-0.1, -0.05) is 36.4 Å². The van der Waals surface area contributed by atoms with Crippen LogP contribution in [0.25, 0.3) is 21.8 Å². The van der Waals surface area contributed by atoms with Crippen LogP contribution in [0.3, 0.4) is 0 Å². The second-order valence-electron chi connectivity index (χ2n) is 8.26. The molecule has 5 heteroatoms. The molecule has 0 aliphatic heterocycles. The highest BCUT2D eigenvalue weighted by Gasteiger charge is 2.19. The minimum atomic E-state index is 0.0499. The molecule has 5 rings (SSSR count). The standard InChI is InChI=1S/C28H24N2O3/c1-16-15-22(31)28(33-24-10-6-8-21-14-12-18(3)30-26(21)24)19(4)27(16)32-23-9-5-7-20-13-11-17(2)29-25(20)23/h5-15,31H,1-4H3. The minimum Gasteiger partial charge on any atom is -0.504 e. The number of hydrogen-bond acceptors (Lipinski definition) is 5. The number of phenols is 1. The molecule has 2 aromatic heterocycles. The molecule has 2 heterocycles. The van der Waals surface area contributed by atoms with Gasteiger partial charge in [0, 0.05) is 27.7 Å². The van der Waals surface area contributed by atoms with Crippen LogP contribution in [0.1, 0.15) is 22.5 Å². The van der Waals surface area contributed by atoms with Crippen molar-refractivity contribution in [2.45, 2.75) is 27.7 Å². The van der Waals surface area contributed by atoms with Gasteiger partial charge < -0.3 is 14.6 Å². The summed E-state index contributed by atoms with van der Waals surface area (Å²) in [5.41, 5.74) is 4.84. The zero-order valence-electron chi connectivity index (χ0n) is 19.0. The predicted octanol–water partition coefficient (Wildman–Crippen LogP) is 7.31. The van der Waals surface area contributed by atoms with Crippen molar-refractivity contribution in [3.8, 4) is 28.7 Å². The highest BCUT2D eigenvalue weighted by molar-refractivity contribution is 5.86.